The van der Waals surface area contributed by atoms with Crippen molar-refractivity contribution >= 4 is 29.2 Å². The SMILES string of the molecule is NC(=O)c1ccc(N(CC(=O)O)C2CC2)cc1Cl. The number of hydrogen-bond acceptors (Lipinski definition) is 3. The Morgan fingerprint density at radius 2 is 2.11 bits per heavy atom. The van der Waals surface area contributed by atoms with Gasteiger partial charge in [0.2, 0.25) is 5.91 Å². The van der Waals surface area contributed by atoms with Crippen LogP contribution >= 0.6 is 11.6 Å². The average Bonchev–Trinajstić information content (AvgIpc) is 3.08. The van der Waals surface area contributed by atoms with Gasteiger partial charge in [-0.25, -0.2) is 0 Å². The predicted molar refractivity (Wildman–Crippen MR) is 68.0 cm³/mol. The molecule has 96 valence electrons. The van der Waals surface area contributed by atoms with Gasteiger partial charge >= 0.3 is 5.97 Å². The van der Waals surface area contributed by atoms with Gasteiger partial charge in [0.05, 0.1) is 10.6 Å². The Balaban J connectivity index is 2.28. The molecule has 0 heterocycles. The Morgan fingerprint density at radius 1 is 1.44 bits per heavy atom. The maximum absolute atomic E-state index is 11.1. The van der Waals surface area contributed by atoms with Gasteiger partial charge in [0.25, 0.3) is 0 Å². The first kappa shape index (κ1) is 12.7. The molecular weight excluding hydrogens is 256 g/mol. The fraction of sp³-hybridized carbons (Fsp3) is 0.333. The van der Waals surface area contributed by atoms with E-state index in [9.17, 15) is 9.59 Å². The molecular formula is C12H13ClN2O3. The number of primary amides is 1. The summed E-state index contributed by atoms with van der Waals surface area (Å²) in [6, 6.07) is 5.03. The van der Waals surface area contributed by atoms with Crippen molar-refractivity contribution < 1.29 is 14.7 Å². The van der Waals surface area contributed by atoms with Gasteiger partial charge in [0, 0.05) is 11.7 Å². The van der Waals surface area contributed by atoms with E-state index in [2.05, 4.69) is 0 Å². The van der Waals surface area contributed by atoms with E-state index >= 15 is 0 Å². The molecule has 6 heteroatoms. The van der Waals surface area contributed by atoms with Crippen molar-refractivity contribution in [2.75, 3.05) is 11.4 Å². The fourth-order valence-electron chi connectivity index (χ4n) is 1.85. The molecule has 0 atom stereocenters. The molecule has 0 saturated heterocycles. The molecule has 3 N–H and O–H groups in total. The number of nitrogens with two attached hydrogens (primary N) is 1. The Bertz CT molecular complexity index is 500. The number of nitrogens with zero attached hydrogens (tertiary/aromatic N) is 1. The Kier molecular flexibility index (Phi) is 3.43. The molecule has 1 aromatic rings. The smallest absolute Gasteiger partial charge is 0.323 e. The summed E-state index contributed by atoms with van der Waals surface area (Å²) in [5, 5.41) is 9.13. The number of rotatable bonds is 5. The van der Waals surface area contributed by atoms with Crippen LogP contribution in [-0.2, 0) is 4.79 Å². The third kappa shape index (κ3) is 2.73. The summed E-state index contributed by atoms with van der Waals surface area (Å²) in [5.74, 6) is -1.49. The quantitative estimate of drug-likeness (QED) is 0.847. The number of carbonyl (C=O) groups excluding carboxylic acids is 1. The number of carbonyl (C=O) groups is 2. The highest BCUT2D eigenvalue weighted by Gasteiger charge is 2.30. The maximum atomic E-state index is 11.1. The summed E-state index contributed by atoms with van der Waals surface area (Å²) in [6.07, 6.45) is 1.95. The minimum Gasteiger partial charge on any atom is -0.480 e. The van der Waals surface area contributed by atoms with Gasteiger partial charge in [-0.2, -0.15) is 0 Å². The molecule has 0 radical (unpaired) electrons. The van der Waals surface area contributed by atoms with Crippen LogP contribution in [0.4, 0.5) is 5.69 Å². The van der Waals surface area contributed by atoms with E-state index in [1.165, 1.54) is 6.07 Å². The minimum absolute atomic E-state index is 0.0725. The normalized spacial score (nSPS) is 14.3. The van der Waals surface area contributed by atoms with Crippen LogP contribution in [0.2, 0.25) is 5.02 Å². The standard InChI is InChI=1S/C12H13ClN2O3/c13-10-5-8(3-4-9(10)12(14)18)15(6-11(16)17)7-1-2-7/h3-5,7H,1-2,6H2,(H2,14,18)(H,16,17). The van der Waals surface area contributed by atoms with Crippen LogP contribution in [-0.4, -0.2) is 29.6 Å². The highest BCUT2D eigenvalue weighted by Crippen LogP contribution is 2.33. The number of hydrogen-bond donors (Lipinski definition) is 2. The lowest BCUT2D eigenvalue weighted by Gasteiger charge is -2.23. The summed E-state index contributed by atoms with van der Waals surface area (Å²) in [4.78, 5) is 23.7. The summed E-state index contributed by atoms with van der Waals surface area (Å²) in [6.45, 7) is -0.0725. The highest BCUT2D eigenvalue weighted by molar-refractivity contribution is 6.34. The van der Waals surface area contributed by atoms with Crippen molar-refractivity contribution in [3.63, 3.8) is 0 Å². The lowest BCUT2D eigenvalue weighted by Crippen LogP contribution is -2.31. The number of carboxylic acids is 1. The first-order valence-corrected chi connectivity index (χ1v) is 5.94. The van der Waals surface area contributed by atoms with E-state index in [1.807, 2.05) is 0 Å². The molecule has 1 fully saturated rings. The van der Waals surface area contributed by atoms with Crippen LogP contribution in [0.25, 0.3) is 0 Å². The average molecular weight is 269 g/mol. The number of aliphatic carboxylic acids is 1. The van der Waals surface area contributed by atoms with Crippen molar-refractivity contribution in [2.45, 2.75) is 18.9 Å². The van der Waals surface area contributed by atoms with Gasteiger partial charge in [-0.15, -0.1) is 0 Å². The first-order chi connectivity index (χ1) is 8.49. The molecule has 0 unspecified atom stereocenters. The molecule has 0 aromatic heterocycles. The number of anilines is 1. The van der Waals surface area contributed by atoms with E-state index in [4.69, 9.17) is 22.4 Å². The zero-order valence-corrected chi connectivity index (χ0v) is 10.4. The minimum atomic E-state index is -0.892. The third-order valence-electron chi connectivity index (χ3n) is 2.84. The molecule has 1 saturated carbocycles. The summed E-state index contributed by atoms with van der Waals surface area (Å²) in [5.41, 5.74) is 6.11. The molecule has 1 aliphatic carbocycles. The number of carboxylic acid groups (broad SMARTS) is 1. The van der Waals surface area contributed by atoms with Gasteiger partial charge in [-0.05, 0) is 31.0 Å². The largest absolute Gasteiger partial charge is 0.480 e. The van der Waals surface area contributed by atoms with E-state index < -0.39 is 11.9 Å². The van der Waals surface area contributed by atoms with E-state index in [0.717, 1.165) is 12.8 Å². The number of amides is 1. The van der Waals surface area contributed by atoms with E-state index in [1.54, 1.807) is 17.0 Å². The zero-order chi connectivity index (χ0) is 13.3. The Morgan fingerprint density at radius 3 is 2.56 bits per heavy atom. The molecule has 18 heavy (non-hydrogen) atoms. The summed E-state index contributed by atoms with van der Waals surface area (Å²) < 4.78 is 0. The first-order valence-electron chi connectivity index (χ1n) is 5.57. The second kappa shape index (κ2) is 4.86. The maximum Gasteiger partial charge on any atom is 0.323 e. The van der Waals surface area contributed by atoms with Gasteiger partial charge in [0.1, 0.15) is 6.54 Å². The topological polar surface area (TPSA) is 83.6 Å². The van der Waals surface area contributed by atoms with Crippen molar-refractivity contribution in [2.24, 2.45) is 5.73 Å². The van der Waals surface area contributed by atoms with Gasteiger partial charge in [-0.1, -0.05) is 11.6 Å². The molecule has 5 nitrogen and oxygen atoms in total. The van der Waals surface area contributed by atoms with Crippen LogP contribution in [0.15, 0.2) is 18.2 Å². The summed E-state index contributed by atoms with van der Waals surface area (Å²) in [7, 11) is 0. The van der Waals surface area contributed by atoms with Gasteiger partial charge < -0.3 is 15.7 Å². The van der Waals surface area contributed by atoms with Crippen LogP contribution < -0.4 is 10.6 Å². The van der Waals surface area contributed by atoms with Crippen molar-refractivity contribution in [3.05, 3.63) is 28.8 Å². The van der Waals surface area contributed by atoms with Gasteiger partial charge in [0.15, 0.2) is 0 Å². The second-order valence-electron chi connectivity index (χ2n) is 4.28. The summed E-state index contributed by atoms with van der Waals surface area (Å²) >= 11 is 5.96. The number of benzene rings is 1. The fourth-order valence-corrected chi connectivity index (χ4v) is 2.11. The third-order valence-corrected chi connectivity index (χ3v) is 3.16. The molecule has 1 amide bonds. The Hall–Kier alpha value is -1.75. The molecule has 0 spiro atoms. The molecule has 2 rings (SSSR count). The Labute approximate surface area is 109 Å². The molecule has 1 aliphatic rings. The predicted octanol–water partition coefficient (Wildman–Crippen LogP) is 1.49. The van der Waals surface area contributed by atoms with Crippen LogP contribution in [0.5, 0.6) is 0 Å². The highest BCUT2D eigenvalue weighted by atomic mass is 35.5. The second-order valence-corrected chi connectivity index (χ2v) is 4.69. The molecule has 1 aromatic carbocycles. The van der Waals surface area contributed by atoms with E-state index in [0.29, 0.717) is 5.69 Å². The van der Waals surface area contributed by atoms with Crippen LogP contribution in [0, 0.1) is 0 Å². The van der Waals surface area contributed by atoms with E-state index in [-0.39, 0.29) is 23.2 Å². The lowest BCUT2D eigenvalue weighted by atomic mass is 10.2. The zero-order valence-electron chi connectivity index (χ0n) is 9.60. The molecule has 0 bridgehead atoms. The van der Waals surface area contributed by atoms with Crippen LogP contribution in [0.3, 0.4) is 0 Å². The van der Waals surface area contributed by atoms with Crippen molar-refractivity contribution in [1.29, 1.82) is 0 Å². The number of halogens is 1. The lowest BCUT2D eigenvalue weighted by molar-refractivity contribution is -0.135. The van der Waals surface area contributed by atoms with Crippen LogP contribution in [0.1, 0.15) is 23.2 Å². The molecule has 0 aliphatic heterocycles. The van der Waals surface area contributed by atoms with Crippen molar-refractivity contribution in [1.82, 2.24) is 0 Å². The van der Waals surface area contributed by atoms with Crippen molar-refractivity contribution in [3.8, 4) is 0 Å². The monoisotopic (exact) mass is 268 g/mol. The van der Waals surface area contributed by atoms with Gasteiger partial charge in [-0.3, -0.25) is 9.59 Å².